The predicted octanol–water partition coefficient (Wildman–Crippen LogP) is 6.07. The van der Waals surface area contributed by atoms with Crippen LogP contribution in [-0.4, -0.2) is 27.6 Å². The Kier molecular flexibility index (Phi) is 6.28. The molecule has 1 aliphatic rings. The average Bonchev–Trinajstić information content (AvgIpc) is 3.23. The van der Waals surface area contributed by atoms with Gasteiger partial charge in [-0.25, -0.2) is 9.18 Å². The third-order valence-electron chi connectivity index (χ3n) is 5.49. The molecule has 0 spiro atoms. The van der Waals surface area contributed by atoms with Crippen LogP contribution in [0.4, 0.5) is 9.18 Å². The van der Waals surface area contributed by atoms with Gasteiger partial charge in [-0.1, -0.05) is 42.7 Å². The number of aromatic nitrogens is 2. The second-order valence-corrected chi connectivity index (χ2v) is 8.63. The lowest BCUT2D eigenvalue weighted by Crippen LogP contribution is -2.46. The Morgan fingerprint density at radius 3 is 2.50 bits per heavy atom. The molecule has 1 aromatic heterocycles. The molecule has 1 N–H and O–H groups in total. The van der Waals surface area contributed by atoms with Gasteiger partial charge >= 0.3 is 6.03 Å². The van der Waals surface area contributed by atoms with Crippen LogP contribution in [0.5, 0.6) is 0 Å². The highest BCUT2D eigenvalue weighted by molar-refractivity contribution is 6.30. The van der Waals surface area contributed by atoms with E-state index in [0.717, 1.165) is 23.3 Å². The molecule has 0 aliphatic carbocycles. The van der Waals surface area contributed by atoms with Crippen LogP contribution in [0.2, 0.25) is 5.02 Å². The van der Waals surface area contributed by atoms with E-state index in [9.17, 15) is 9.18 Å². The quantitative estimate of drug-likeness (QED) is 0.490. The number of hydrogen-bond donors (Lipinski definition) is 1. The number of benzene rings is 2. The van der Waals surface area contributed by atoms with E-state index in [0.29, 0.717) is 34.8 Å². The molecule has 3 aromatic rings. The Bertz CT molecular complexity index is 1140. The average molecular weight is 455 g/mol. The lowest BCUT2D eigenvalue weighted by atomic mass is 9.94. The molecule has 0 radical (unpaired) electrons. The van der Waals surface area contributed by atoms with Gasteiger partial charge in [-0.3, -0.25) is 4.90 Å². The molecule has 1 aliphatic heterocycles. The van der Waals surface area contributed by atoms with Crippen LogP contribution in [-0.2, 0) is 0 Å². The molecule has 0 saturated carbocycles. The van der Waals surface area contributed by atoms with E-state index in [4.69, 9.17) is 16.1 Å². The zero-order valence-electron chi connectivity index (χ0n) is 18.1. The molecule has 0 bridgehead atoms. The van der Waals surface area contributed by atoms with Gasteiger partial charge in [0.25, 0.3) is 5.89 Å². The summed E-state index contributed by atoms with van der Waals surface area (Å²) in [6.45, 7) is 6.70. The number of rotatable bonds is 6. The summed E-state index contributed by atoms with van der Waals surface area (Å²) in [5.41, 5.74) is 2.96. The molecule has 166 valence electrons. The lowest BCUT2D eigenvalue weighted by Gasteiger charge is -2.35. The zero-order valence-corrected chi connectivity index (χ0v) is 18.9. The van der Waals surface area contributed by atoms with E-state index in [1.54, 1.807) is 29.2 Å². The van der Waals surface area contributed by atoms with Crippen LogP contribution in [0, 0.1) is 11.7 Å². The first-order chi connectivity index (χ1) is 15.3. The zero-order chi connectivity index (χ0) is 22.8. The number of amides is 2. The minimum atomic E-state index is -0.475. The van der Waals surface area contributed by atoms with Crippen LogP contribution in [0.3, 0.4) is 0 Å². The fraction of sp³-hybridized carbons (Fsp3) is 0.292. The van der Waals surface area contributed by atoms with E-state index in [-0.39, 0.29) is 11.8 Å². The van der Waals surface area contributed by atoms with Gasteiger partial charge in [-0.05, 0) is 61.2 Å². The van der Waals surface area contributed by atoms with Gasteiger partial charge in [0.2, 0.25) is 5.82 Å². The topological polar surface area (TPSA) is 71.3 Å². The van der Waals surface area contributed by atoms with Crippen molar-refractivity contribution in [3.63, 3.8) is 0 Å². The van der Waals surface area contributed by atoms with E-state index in [1.165, 1.54) is 12.1 Å². The van der Waals surface area contributed by atoms with Crippen LogP contribution in [0.25, 0.3) is 17.0 Å². The molecule has 4 rings (SSSR count). The largest absolute Gasteiger partial charge is 0.334 e. The van der Waals surface area contributed by atoms with Gasteiger partial charge in [0.15, 0.2) is 0 Å². The first-order valence-corrected chi connectivity index (χ1v) is 10.9. The molecular formula is C24H24ClFN4O2. The summed E-state index contributed by atoms with van der Waals surface area (Å²) < 4.78 is 18.9. The van der Waals surface area contributed by atoms with Gasteiger partial charge in [-0.2, -0.15) is 4.98 Å². The SMILES string of the molecule is CC1=C(c2nc(-c3ccc(F)cc3)no2)C(c2ccc(Cl)cc2)NC(=O)N1CCC(C)C. The molecule has 2 amide bonds. The van der Waals surface area contributed by atoms with Crippen molar-refractivity contribution >= 4 is 23.2 Å². The van der Waals surface area contributed by atoms with Crippen LogP contribution in [0.1, 0.15) is 44.7 Å². The minimum absolute atomic E-state index is 0.176. The van der Waals surface area contributed by atoms with Crippen molar-refractivity contribution in [2.24, 2.45) is 5.92 Å². The van der Waals surface area contributed by atoms with E-state index >= 15 is 0 Å². The van der Waals surface area contributed by atoms with Crippen molar-refractivity contribution in [3.8, 4) is 11.4 Å². The molecule has 1 atom stereocenters. The molecule has 1 unspecified atom stereocenters. The lowest BCUT2D eigenvalue weighted by molar-refractivity contribution is 0.202. The fourth-order valence-electron chi connectivity index (χ4n) is 3.67. The predicted molar refractivity (Wildman–Crippen MR) is 121 cm³/mol. The third-order valence-corrected chi connectivity index (χ3v) is 5.74. The monoisotopic (exact) mass is 454 g/mol. The van der Waals surface area contributed by atoms with Crippen LogP contribution >= 0.6 is 11.6 Å². The molecule has 8 heteroatoms. The summed E-state index contributed by atoms with van der Waals surface area (Å²) in [7, 11) is 0. The summed E-state index contributed by atoms with van der Waals surface area (Å²) in [4.78, 5) is 19.2. The number of hydrogen-bond acceptors (Lipinski definition) is 4. The van der Waals surface area contributed by atoms with Gasteiger partial charge in [0, 0.05) is 22.8 Å². The van der Waals surface area contributed by atoms with Crippen molar-refractivity contribution in [1.29, 1.82) is 0 Å². The number of nitrogens with one attached hydrogen (secondary N) is 1. The number of carbonyl (C=O) groups excluding carboxylic acids is 1. The number of urea groups is 1. The standard InChI is InChI=1S/C24H24ClFN4O2/c1-14(2)12-13-30-15(3)20(21(27-24(30)31)16-4-8-18(25)9-5-16)23-28-22(29-32-23)17-6-10-19(26)11-7-17/h4-11,14,21H,12-13H2,1-3H3,(H,27,31). The Labute approximate surface area is 191 Å². The molecule has 2 heterocycles. The summed E-state index contributed by atoms with van der Waals surface area (Å²) >= 11 is 6.06. The minimum Gasteiger partial charge on any atom is -0.334 e. The van der Waals surface area contributed by atoms with E-state index < -0.39 is 6.04 Å². The summed E-state index contributed by atoms with van der Waals surface area (Å²) in [5.74, 6) is 0.758. The summed E-state index contributed by atoms with van der Waals surface area (Å²) in [6, 6.07) is 12.5. The first kappa shape index (κ1) is 22.0. The number of halogens is 2. The summed E-state index contributed by atoms with van der Waals surface area (Å²) in [6.07, 6.45) is 0.855. The van der Waals surface area contributed by atoms with E-state index in [2.05, 4.69) is 29.3 Å². The number of nitrogens with zero attached hydrogens (tertiary/aromatic N) is 3. The molecular weight excluding hydrogens is 431 g/mol. The molecule has 2 aromatic carbocycles. The van der Waals surface area contributed by atoms with Crippen molar-refractivity contribution in [1.82, 2.24) is 20.4 Å². The fourth-order valence-corrected chi connectivity index (χ4v) is 3.80. The Morgan fingerprint density at radius 1 is 1.16 bits per heavy atom. The van der Waals surface area contributed by atoms with Crippen LogP contribution in [0.15, 0.2) is 58.8 Å². The highest BCUT2D eigenvalue weighted by Gasteiger charge is 2.35. The van der Waals surface area contributed by atoms with Crippen molar-refractivity contribution in [2.75, 3.05) is 6.54 Å². The maximum atomic E-state index is 13.3. The molecule has 0 fully saturated rings. The van der Waals surface area contributed by atoms with Crippen molar-refractivity contribution < 1.29 is 13.7 Å². The normalized spacial score (nSPS) is 16.6. The highest BCUT2D eigenvalue weighted by Crippen LogP contribution is 2.37. The Hall–Kier alpha value is -3.19. The van der Waals surface area contributed by atoms with Gasteiger partial charge < -0.3 is 9.84 Å². The number of allylic oxidation sites excluding steroid dienone is 1. The van der Waals surface area contributed by atoms with Gasteiger partial charge in [0.05, 0.1) is 11.6 Å². The van der Waals surface area contributed by atoms with Crippen molar-refractivity contribution in [2.45, 2.75) is 33.2 Å². The molecule has 0 saturated heterocycles. The smallest absolute Gasteiger partial charge is 0.322 e. The number of carbonyl (C=O) groups is 1. The van der Waals surface area contributed by atoms with E-state index in [1.807, 2.05) is 19.1 Å². The summed E-state index contributed by atoms with van der Waals surface area (Å²) in [5, 5.41) is 7.77. The second kappa shape index (κ2) is 9.12. The van der Waals surface area contributed by atoms with Gasteiger partial charge in [-0.15, -0.1) is 0 Å². The Morgan fingerprint density at radius 2 is 1.84 bits per heavy atom. The van der Waals surface area contributed by atoms with Gasteiger partial charge in [0.1, 0.15) is 5.82 Å². The van der Waals surface area contributed by atoms with Crippen molar-refractivity contribution in [3.05, 3.63) is 76.5 Å². The second-order valence-electron chi connectivity index (χ2n) is 8.20. The maximum absolute atomic E-state index is 13.3. The third kappa shape index (κ3) is 4.53. The van der Waals surface area contributed by atoms with Crippen LogP contribution < -0.4 is 5.32 Å². The molecule has 32 heavy (non-hydrogen) atoms. The highest BCUT2D eigenvalue weighted by atomic mass is 35.5. The molecule has 6 nitrogen and oxygen atoms in total. The maximum Gasteiger partial charge on any atom is 0.322 e. The first-order valence-electron chi connectivity index (χ1n) is 10.5. The Balaban J connectivity index is 1.78.